The van der Waals surface area contributed by atoms with Gasteiger partial charge in [0, 0.05) is 5.56 Å². The van der Waals surface area contributed by atoms with Gasteiger partial charge in [0.25, 0.3) is 0 Å². The van der Waals surface area contributed by atoms with Crippen molar-refractivity contribution in [3.8, 4) is 22.6 Å². The molecular weight excluding hydrogens is 324 g/mol. The zero-order chi connectivity index (χ0) is 17.8. The van der Waals surface area contributed by atoms with Gasteiger partial charge in [-0.05, 0) is 41.0 Å². The Kier molecular flexibility index (Phi) is 4.52. The summed E-state index contributed by atoms with van der Waals surface area (Å²) in [6, 6.07) is 23.6. The molecule has 3 heteroatoms. The number of allylic oxidation sites excluding steroid dienone is 1. The number of fused-ring (bicyclic) bond motifs is 1. The van der Waals surface area contributed by atoms with Gasteiger partial charge in [0.2, 0.25) is 0 Å². The number of carbonyl (C=O) groups excluding carboxylic acids is 1. The van der Waals surface area contributed by atoms with Crippen LogP contribution in [-0.4, -0.2) is 19.0 Å². The molecule has 0 bridgehead atoms. The Morgan fingerprint density at radius 3 is 2.23 bits per heavy atom. The average molecular weight is 342 g/mol. The standard InChI is InChI=1S/C23H18O3/c24-21(20-11-13-22-23(16-20)26-15-14-25-22)12-8-17-6-9-19(10-7-17)18-4-2-1-3-5-18/h1-13,16H,14-15H2/b12-8+. The molecule has 0 spiro atoms. The first-order chi connectivity index (χ1) is 12.8. The molecule has 0 amide bonds. The first-order valence-electron chi connectivity index (χ1n) is 8.57. The van der Waals surface area contributed by atoms with Crippen LogP contribution in [0.4, 0.5) is 0 Å². The summed E-state index contributed by atoms with van der Waals surface area (Å²) in [6.07, 6.45) is 3.41. The Morgan fingerprint density at radius 1 is 0.769 bits per heavy atom. The summed E-state index contributed by atoms with van der Waals surface area (Å²) in [5.74, 6) is 1.25. The van der Waals surface area contributed by atoms with E-state index in [2.05, 4.69) is 24.3 Å². The lowest BCUT2D eigenvalue weighted by atomic mass is 10.0. The number of hydrogen-bond acceptors (Lipinski definition) is 3. The van der Waals surface area contributed by atoms with Crippen molar-refractivity contribution in [3.05, 3.63) is 90.0 Å². The minimum atomic E-state index is -0.0610. The average Bonchev–Trinajstić information content (AvgIpc) is 2.72. The fraction of sp³-hybridized carbons (Fsp3) is 0.0870. The van der Waals surface area contributed by atoms with E-state index in [4.69, 9.17) is 9.47 Å². The molecule has 0 radical (unpaired) electrons. The molecule has 1 heterocycles. The van der Waals surface area contributed by atoms with Crippen molar-refractivity contribution in [2.24, 2.45) is 0 Å². The predicted molar refractivity (Wildman–Crippen MR) is 103 cm³/mol. The highest BCUT2D eigenvalue weighted by Crippen LogP contribution is 2.31. The van der Waals surface area contributed by atoms with Gasteiger partial charge in [-0.1, -0.05) is 60.7 Å². The van der Waals surface area contributed by atoms with E-state index in [-0.39, 0.29) is 5.78 Å². The highest BCUT2D eigenvalue weighted by molar-refractivity contribution is 6.07. The zero-order valence-electron chi connectivity index (χ0n) is 14.2. The predicted octanol–water partition coefficient (Wildman–Crippen LogP) is 5.02. The third-order valence-corrected chi connectivity index (χ3v) is 4.27. The van der Waals surface area contributed by atoms with Gasteiger partial charge >= 0.3 is 0 Å². The first-order valence-corrected chi connectivity index (χ1v) is 8.57. The molecule has 4 rings (SSSR count). The molecule has 1 aliphatic rings. The molecule has 0 fully saturated rings. The second-order valence-corrected chi connectivity index (χ2v) is 6.04. The summed E-state index contributed by atoms with van der Waals surface area (Å²) >= 11 is 0. The van der Waals surface area contributed by atoms with Gasteiger partial charge in [-0.3, -0.25) is 4.79 Å². The Bertz CT molecular complexity index is 941. The molecule has 128 valence electrons. The quantitative estimate of drug-likeness (QED) is 0.493. The lowest BCUT2D eigenvalue weighted by Crippen LogP contribution is -2.15. The number of ketones is 1. The van der Waals surface area contributed by atoms with Crippen LogP contribution in [0.3, 0.4) is 0 Å². The fourth-order valence-corrected chi connectivity index (χ4v) is 2.88. The van der Waals surface area contributed by atoms with Crippen LogP contribution < -0.4 is 9.47 Å². The number of carbonyl (C=O) groups is 1. The van der Waals surface area contributed by atoms with E-state index >= 15 is 0 Å². The molecule has 0 aliphatic carbocycles. The van der Waals surface area contributed by atoms with Gasteiger partial charge in [-0.25, -0.2) is 0 Å². The number of ether oxygens (including phenoxy) is 2. The van der Waals surface area contributed by atoms with E-state index in [1.54, 1.807) is 24.3 Å². The molecule has 0 aromatic heterocycles. The number of hydrogen-bond donors (Lipinski definition) is 0. The molecule has 1 aliphatic heterocycles. The monoisotopic (exact) mass is 342 g/mol. The van der Waals surface area contributed by atoms with E-state index in [9.17, 15) is 4.79 Å². The smallest absolute Gasteiger partial charge is 0.185 e. The highest BCUT2D eigenvalue weighted by atomic mass is 16.6. The summed E-state index contributed by atoms with van der Waals surface area (Å²) in [4.78, 5) is 12.4. The van der Waals surface area contributed by atoms with Crippen molar-refractivity contribution < 1.29 is 14.3 Å². The van der Waals surface area contributed by atoms with Crippen molar-refractivity contribution in [1.29, 1.82) is 0 Å². The Morgan fingerprint density at radius 2 is 1.46 bits per heavy atom. The van der Waals surface area contributed by atoms with E-state index < -0.39 is 0 Å². The van der Waals surface area contributed by atoms with Crippen LogP contribution in [0.15, 0.2) is 78.9 Å². The van der Waals surface area contributed by atoms with Crippen LogP contribution in [0.1, 0.15) is 15.9 Å². The minimum Gasteiger partial charge on any atom is -0.486 e. The lowest BCUT2D eigenvalue weighted by molar-refractivity contribution is 0.104. The largest absolute Gasteiger partial charge is 0.486 e. The Labute approximate surface area is 152 Å². The van der Waals surface area contributed by atoms with E-state index in [1.165, 1.54) is 5.56 Å². The summed E-state index contributed by atoms with van der Waals surface area (Å²) in [5, 5.41) is 0. The lowest BCUT2D eigenvalue weighted by Gasteiger charge is -2.18. The van der Waals surface area contributed by atoms with Gasteiger partial charge in [-0.15, -0.1) is 0 Å². The number of rotatable bonds is 4. The van der Waals surface area contributed by atoms with Crippen LogP contribution in [-0.2, 0) is 0 Å². The molecule has 0 unspecified atom stereocenters. The first kappa shape index (κ1) is 16.2. The Hall–Kier alpha value is -3.33. The summed E-state index contributed by atoms with van der Waals surface area (Å²) in [7, 11) is 0. The summed E-state index contributed by atoms with van der Waals surface area (Å²) in [5.41, 5.74) is 3.90. The van der Waals surface area contributed by atoms with Gasteiger partial charge in [-0.2, -0.15) is 0 Å². The molecule has 3 aromatic rings. The second kappa shape index (κ2) is 7.28. The minimum absolute atomic E-state index is 0.0610. The highest BCUT2D eigenvalue weighted by Gasteiger charge is 2.13. The van der Waals surface area contributed by atoms with Gasteiger partial charge in [0.05, 0.1) is 0 Å². The van der Waals surface area contributed by atoms with Crippen molar-refractivity contribution in [1.82, 2.24) is 0 Å². The molecule has 0 atom stereocenters. The van der Waals surface area contributed by atoms with Gasteiger partial charge in [0.1, 0.15) is 13.2 Å². The maximum Gasteiger partial charge on any atom is 0.185 e. The Balaban J connectivity index is 1.48. The summed E-state index contributed by atoms with van der Waals surface area (Å²) < 4.78 is 11.0. The third kappa shape index (κ3) is 3.52. The van der Waals surface area contributed by atoms with Crippen molar-refractivity contribution in [2.45, 2.75) is 0 Å². The van der Waals surface area contributed by atoms with Crippen molar-refractivity contribution in [3.63, 3.8) is 0 Å². The maximum absolute atomic E-state index is 12.4. The molecule has 0 saturated carbocycles. The van der Waals surface area contributed by atoms with Crippen LogP contribution in [0.25, 0.3) is 17.2 Å². The second-order valence-electron chi connectivity index (χ2n) is 6.04. The molecule has 26 heavy (non-hydrogen) atoms. The molecular formula is C23H18O3. The SMILES string of the molecule is O=C(/C=C/c1ccc(-c2ccccc2)cc1)c1ccc2c(c1)OCCO2. The topological polar surface area (TPSA) is 35.5 Å². The number of benzene rings is 3. The van der Waals surface area contributed by atoms with Crippen LogP contribution in [0.5, 0.6) is 11.5 Å². The van der Waals surface area contributed by atoms with E-state index in [0.29, 0.717) is 30.3 Å². The maximum atomic E-state index is 12.4. The van der Waals surface area contributed by atoms with Crippen LogP contribution in [0, 0.1) is 0 Å². The molecule has 0 N–H and O–H groups in total. The molecule has 0 saturated heterocycles. The zero-order valence-corrected chi connectivity index (χ0v) is 14.2. The van der Waals surface area contributed by atoms with Gasteiger partial charge in [0.15, 0.2) is 17.3 Å². The summed E-state index contributed by atoms with van der Waals surface area (Å²) in [6.45, 7) is 1.05. The van der Waals surface area contributed by atoms with E-state index in [1.807, 2.05) is 36.4 Å². The fourth-order valence-electron chi connectivity index (χ4n) is 2.88. The normalized spacial score (nSPS) is 12.9. The van der Waals surface area contributed by atoms with Crippen molar-refractivity contribution in [2.75, 3.05) is 13.2 Å². The van der Waals surface area contributed by atoms with Crippen LogP contribution in [0.2, 0.25) is 0 Å². The van der Waals surface area contributed by atoms with E-state index in [0.717, 1.165) is 11.1 Å². The van der Waals surface area contributed by atoms with Crippen LogP contribution >= 0.6 is 0 Å². The van der Waals surface area contributed by atoms with Crippen molar-refractivity contribution >= 4 is 11.9 Å². The molecule has 3 aromatic carbocycles. The van der Waals surface area contributed by atoms with Gasteiger partial charge < -0.3 is 9.47 Å². The third-order valence-electron chi connectivity index (χ3n) is 4.27. The molecule has 3 nitrogen and oxygen atoms in total.